The zero-order valence-electron chi connectivity index (χ0n) is 11.2. The maximum atomic E-state index is 13.7. The normalized spacial score (nSPS) is 10.8. The van der Waals surface area contributed by atoms with Gasteiger partial charge in [0.2, 0.25) is 5.82 Å². The van der Waals surface area contributed by atoms with E-state index in [0.717, 1.165) is 4.90 Å². The Kier molecular flexibility index (Phi) is 5.89. The number of methoxy groups -OCH3 is 1. The molecule has 3 N–H and O–H groups in total. The lowest BCUT2D eigenvalue weighted by atomic mass is 10.2. The number of rotatable bonds is 7. The summed E-state index contributed by atoms with van der Waals surface area (Å²) in [6.45, 7) is -0.309. The third kappa shape index (κ3) is 3.81. The lowest BCUT2D eigenvalue weighted by Gasteiger charge is -2.25. The van der Waals surface area contributed by atoms with E-state index in [2.05, 4.69) is 0 Å². The summed E-state index contributed by atoms with van der Waals surface area (Å²) < 4.78 is 71.6. The molecule has 0 aromatic heterocycles. The number of nitrogens with zero attached hydrogens (tertiary/aromatic N) is 1. The van der Waals surface area contributed by atoms with Crippen molar-refractivity contribution in [3.05, 3.63) is 29.1 Å². The molecule has 0 bridgehead atoms. The molecule has 0 aliphatic heterocycles. The molecule has 118 valence electrons. The van der Waals surface area contributed by atoms with Crippen LogP contribution in [0.4, 0.5) is 27.6 Å². The van der Waals surface area contributed by atoms with Gasteiger partial charge in [-0.1, -0.05) is 0 Å². The van der Waals surface area contributed by atoms with Gasteiger partial charge in [-0.15, -0.1) is 0 Å². The van der Waals surface area contributed by atoms with Gasteiger partial charge in [0.05, 0.1) is 12.4 Å². The maximum absolute atomic E-state index is 13.7. The molecule has 0 spiro atoms. The second-order valence-corrected chi connectivity index (χ2v) is 4.17. The molecule has 9 heteroatoms. The predicted octanol–water partition coefficient (Wildman–Crippen LogP) is 2.16. The topological polar surface area (TPSA) is 62.3 Å². The van der Waals surface area contributed by atoms with Gasteiger partial charge in [-0.25, -0.2) is 22.0 Å². The fourth-order valence-electron chi connectivity index (χ4n) is 1.66. The Hall–Kier alpha value is -1.90. The first-order chi connectivity index (χ1) is 9.81. The average molecular weight is 311 g/mol. The van der Waals surface area contributed by atoms with Gasteiger partial charge in [0.15, 0.2) is 23.3 Å². The SMILES string of the molecule is COCCN(CCC(=N)N)c1c(F)c(F)c(F)c(F)c1F. The Morgan fingerprint density at radius 1 is 1.00 bits per heavy atom. The van der Waals surface area contributed by atoms with E-state index in [9.17, 15) is 22.0 Å². The van der Waals surface area contributed by atoms with Gasteiger partial charge in [-0.3, -0.25) is 5.41 Å². The molecule has 1 aromatic carbocycles. The van der Waals surface area contributed by atoms with E-state index in [1.54, 1.807) is 0 Å². The first-order valence-electron chi connectivity index (χ1n) is 5.89. The van der Waals surface area contributed by atoms with Gasteiger partial charge in [-0.05, 0) is 0 Å². The lowest BCUT2D eigenvalue weighted by molar-refractivity contribution is 0.205. The Labute approximate surface area is 117 Å². The standard InChI is InChI=1S/C12H14F5N3O/c1-21-5-4-20(3-2-6(18)19)12-10(16)8(14)7(13)9(15)11(12)17/h2-5H2,1H3,(H3,18,19). The van der Waals surface area contributed by atoms with Crippen LogP contribution in [0.25, 0.3) is 0 Å². The number of amidine groups is 1. The number of ether oxygens (including phenoxy) is 1. The van der Waals surface area contributed by atoms with Gasteiger partial charge in [0.1, 0.15) is 5.69 Å². The van der Waals surface area contributed by atoms with E-state index in [1.165, 1.54) is 7.11 Å². The molecule has 4 nitrogen and oxygen atoms in total. The Balaban J connectivity index is 3.25. The summed E-state index contributed by atoms with van der Waals surface area (Å²) in [4.78, 5) is 0.904. The highest BCUT2D eigenvalue weighted by Crippen LogP contribution is 2.30. The van der Waals surface area contributed by atoms with Gasteiger partial charge in [0, 0.05) is 26.6 Å². The molecule has 0 atom stereocenters. The summed E-state index contributed by atoms with van der Waals surface area (Å²) in [6.07, 6.45) is -0.0940. The quantitative estimate of drug-likeness (QED) is 0.267. The molecule has 0 radical (unpaired) electrons. The number of hydrogen-bond acceptors (Lipinski definition) is 3. The third-order valence-corrected chi connectivity index (χ3v) is 2.72. The Bertz CT molecular complexity index is 509. The monoisotopic (exact) mass is 311 g/mol. The summed E-state index contributed by atoms with van der Waals surface area (Å²) in [5.74, 6) is -10.4. The van der Waals surface area contributed by atoms with Gasteiger partial charge in [0.25, 0.3) is 0 Å². The van der Waals surface area contributed by atoms with Gasteiger partial charge < -0.3 is 15.4 Å². The number of nitrogens with two attached hydrogens (primary N) is 1. The molecule has 0 unspecified atom stereocenters. The molecule has 0 fully saturated rings. The van der Waals surface area contributed by atoms with Crippen LogP contribution in [0.1, 0.15) is 6.42 Å². The maximum Gasteiger partial charge on any atom is 0.200 e. The highest BCUT2D eigenvalue weighted by molar-refractivity contribution is 5.77. The first-order valence-corrected chi connectivity index (χ1v) is 5.89. The fraction of sp³-hybridized carbons (Fsp3) is 0.417. The second kappa shape index (κ2) is 7.21. The molecular weight excluding hydrogens is 297 g/mol. The van der Waals surface area contributed by atoms with Crippen LogP contribution in [0.15, 0.2) is 0 Å². The van der Waals surface area contributed by atoms with Crippen molar-refractivity contribution in [3.63, 3.8) is 0 Å². The van der Waals surface area contributed by atoms with E-state index in [-0.39, 0.29) is 32.0 Å². The van der Waals surface area contributed by atoms with Crippen LogP contribution < -0.4 is 10.6 Å². The van der Waals surface area contributed by atoms with Crippen LogP contribution >= 0.6 is 0 Å². The number of hydrogen-bond donors (Lipinski definition) is 2. The van der Waals surface area contributed by atoms with E-state index < -0.39 is 34.8 Å². The van der Waals surface area contributed by atoms with Crippen LogP contribution in [0, 0.1) is 34.5 Å². The molecule has 0 aliphatic rings. The van der Waals surface area contributed by atoms with Crippen molar-refractivity contribution in [2.75, 3.05) is 31.7 Å². The molecule has 1 rings (SSSR count). The summed E-state index contributed by atoms with van der Waals surface area (Å²) in [5, 5.41) is 7.08. The van der Waals surface area contributed by atoms with Crippen LogP contribution in [0.2, 0.25) is 0 Å². The number of benzene rings is 1. The second-order valence-electron chi connectivity index (χ2n) is 4.17. The molecule has 0 amide bonds. The lowest BCUT2D eigenvalue weighted by Crippen LogP contribution is -2.33. The number of anilines is 1. The summed E-state index contributed by atoms with van der Waals surface area (Å²) in [6, 6.07) is 0. The predicted molar refractivity (Wildman–Crippen MR) is 66.9 cm³/mol. The van der Waals surface area contributed by atoms with Crippen molar-refractivity contribution in [1.29, 1.82) is 5.41 Å². The highest BCUT2D eigenvalue weighted by atomic mass is 19.2. The molecule has 21 heavy (non-hydrogen) atoms. The smallest absolute Gasteiger partial charge is 0.200 e. The molecule has 0 heterocycles. The summed E-state index contributed by atoms with van der Waals surface area (Å²) in [7, 11) is 1.32. The minimum atomic E-state index is -2.22. The summed E-state index contributed by atoms with van der Waals surface area (Å²) >= 11 is 0. The number of halogens is 5. The van der Waals surface area contributed by atoms with Crippen LogP contribution in [0.3, 0.4) is 0 Å². The van der Waals surface area contributed by atoms with Crippen LogP contribution in [0.5, 0.6) is 0 Å². The minimum Gasteiger partial charge on any atom is -0.388 e. The third-order valence-electron chi connectivity index (χ3n) is 2.72. The van der Waals surface area contributed by atoms with Crippen LogP contribution in [-0.4, -0.2) is 32.6 Å². The molecule has 0 saturated heterocycles. The number of nitrogens with one attached hydrogen (secondary N) is 1. The zero-order chi connectivity index (χ0) is 16.2. The molecular formula is C12H14F5N3O. The van der Waals surface area contributed by atoms with Crippen molar-refractivity contribution >= 4 is 11.5 Å². The van der Waals surface area contributed by atoms with Crippen molar-refractivity contribution in [1.82, 2.24) is 0 Å². The zero-order valence-corrected chi connectivity index (χ0v) is 11.2. The largest absolute Gasteiger partial charge is 0.388 e. The molecule has 0 aliphatic carbocycles. The molecule has 0 saturated carbocycles. The molecule has 1 aromatic rings. The first kappa shape index (κ1) is 17.2. The van der Waals surface area contributed by atoms with Crippen molar-refractivity contribution in [3.8, 4) is 0 Å². The van der Waals surface area contributed by atoms with E-state index in [0.29, 0.717) is 0 Å². The minimum absolute atomic E-state index is 0.00258. The van der Waals surface area contributed by atoms with E-state index >= 15 is 0 Å². The van der Waals surface area contributed by atoms with E-state index in [1.807, 2.05) is 0 Å². The van der Waals surface area contributed by atoms with E-state index in [4.69, 9.17) is 15.9 Å². The average Bonchev–Trinajstić information content (AvgIpc) is 2.45. The van der Waals surface area contributed by atoms with Crippen molar-refractivity contribution < 1.29 is 26.7 Å². The van der Waals surface area contributed by atoms with Crippen LogP contribution in [-0.2, 0) is 4.74 Å². The Morgan fingerprint density at radius 3 is 1.90 bits per heavy atom. The van der Waals surface area contributed by atoms with Crippen molar-refractivity contribution in [2.45, 2.75) is 6.42 Å². The highest BCUT2D eigenvalue weighted by Gasteiger charge is 2.28. The summed E-state index contributed by atoms with van der Waals surface area (Å²) in [5.41, 5.74) is 4.09. The fourth-order valence-corrected chi connectivity index (χ4v) is 1.66. The Morgan fingerprint density at radius 2 is 1.48 bits per heavy atom. The van der Waals surface area contributed by atoms with Gasteiger partial charge >= 0.3 is 0 Å². The van der Waals surface area contributed by atoms with Gasteiger partial charge in [-0.2, -0.15) is 0 Å². The van der Waals surface area contributed by atoms with Crippen molar-refractivity contribution in [2.24, 2.45) is 5.73 Å².